The molecule has 3 aliphatic rings. The molecule has 1 saturated carbocycles. The molecule has 0 radical (unpaired) electrons. The molecule has 35 heavy (non-hydrogen) atoms. The zero-order chi connectivity index (χ0) is 25.8. The van der Waals surface area contributed by atoms with E-state index in [1.165, 1.54) is 6.07 Å². The van der Waals surface area contributed by atoms with Crippen molar-refractivity contribution in [2.24, 2.45) is 17.1 Å². The monoisotopic (exact) mass is 492 g/mol. The second-order valence-corrected chi connectivity index (χ2v) is 11.1. The Balaban J connectivity index is 1.94. The summed E-state index contributed by atoms with van der Waals surface area (Å²) in [5, 5.41) is 11.4. The smallest absolute Gasteiger partial charge is 0.402 e. The number of halogens is 3. The summed E-state index contributed by atoms with van der Waals surface area (Å²) in [6, 6.07) is 2.38. The van der Waals surface area contributed by atoms with E-state index in [9.17, 15) is 18.3 Å². The summed E-state index contributed by atoms with van der Waals surface area (Å²) in [5.74, 6) is -0.0541. The third-order valence-electron chi connectivity index (χ3n) is 7.37. The van der Waals surface area contributed by atoms with Crippen molar-refractivity contribution < 1.29 is 27.8 Å². The third kappa shape index (κ3) is 4.80. The van der Waals surface area contributed by atoms with Crippen LogP contribution in [-0.2, 0) is 15.7 Å². The molecule has 1 aromatic heterocycles. The second kappa shape index (κ2) is 9.05. The van der Waals surface area contributed by atoms with Gasteiger partial charge in [0.15, 0.2) is 0 Å². The standard InChI is InChI=1S/C27H35F3N2O3/c1-15(2)23(31)21-22(20-16(3)12-25(4,5)13-19(20)33)26(8-10-34-11-9-26)35-24(21)18-7-6-17(14-32-18)27(28,29)30/h6-7,14-15,19,24,33H,3,8-13,31H2,1-2,4-5H3/b22-20-,23-21+/t19-,24?/m0/s1. The van der Waals surface area contributed by atoms with E-state index in [1.54, 1.807) is 0 Å². The Morgan fingerprint density at radius 3 is 2.40 bits per heavy atom. The predicted octanol–water partition coefficient (Wildman–Crippen LogP) is 5.62. The lowest BCUT2D eigenvalue weighted by Gasteiger charge is -2.41. The van der Waals surface area contributed by atoms with Crippen LogP contribution in [0.1, 0.15) is 70.7 Å². The SMILES string of the molecule is C=C1CC(C)(C)C[C@H](O)/C1=C1/C(=C(\N)C(C)C)C(c2ccc(C(F)(F)F)cn2)OC12CCOCC2. The molecule has 0 aromatic carbocycles. The van der Waals surface area contributed by atoms with Crippen LogP contribution in [-0.4, -0.2) is 35.0 Å². The Labute approximate surface area is 204 Å². The zero-order valence-electron chi connectivity index (χ0n) is 20.8. The van der Waals surface area contributed by atoms with Crippen LogP contribution in [0.15, 0.2) is 52.9 Å². The number of pyridine rings is 1. The fraction of sp³-hybridized carbons (Fsp3) is 0.593. The minimum atomic E-state index is -4.48. The number of aromatic nitrogens is 1. The maximum atomic E-state index is 13.2. The van der Waals surface area contributed by atoms with Crippen molar-refractivity contribution in [1.82, 2.24) is 4.98 Å². The molecule has 2 aliphatic heterocycles. The lowest BCUT2D eigenvalue weighted by molar-refractivity contribution is -0.137. The van der Waals surface area contributed by atoms with Gasteiger partial charge in [-0.1, -0.05) is 34.3 Å². The number of nitrogens with zero attached hydrogens (tertiary/aromatic N) is 1. The van der Waals surface area contributed by atoms with Crippen molar-refractivity contribution in [3.63, 3.8) is 0 Å². The summed E-state index contributed by atoms with van der Waals surface area (Å²) in [5.41, 5.74) is 9.03. The van der Waals surface area contributed by atoms with E-state index in [1.807, 2.05) is 13.8 Å². The van der Waals surface area contributed by atoms with E-state index in [-0.39, 0.29) is 11.3 Å². The van der Waals surface area contributed by atoms with Crippen LogP contribution in [0.4, 0.5) is 13.2 Å². The van der Waals surface area contributed by atoms with Crippen molar-refractivity contribution >= 4 is 0 Å². The molecular weight excluding hydrogens is 457 g/mol. The molecule has 1 aliphatic carbocycles. The second-order valence-electron chi connectivity index (χ2n) is 11.1. The average molecular weight is 493 g/mol. The molecule has 1 spiro atoms. The first-order valence-corrected chi connectivity index (χ1v) is 12.2. The van der Waals surface area contributed by atoms with E-state index in [0.29, 0.717) is 55.9 Å². The van der Waals surface area contributed by atoms with E-state index < -0.39 is 29.5 Å². The summed E-state index contributed by atoms with van der Waals surface area (Å²) in [4.78, 5) is 4.16. The van der Waals surface area contributed by atoms with Crippen molar-refractivity contribution in [2.75, 3.05) is 13.2 Å². The molecule has 3 heterocycles. The van der Waals surface area contributed by atoms with Gasteiger partial charge in [-0.25, -0.2) is 0 Å². The number of nitrogens with two attached hydrogens (primary N) is 1. The van der Waals surface area contributed by atoms with Gasteiger partial charge in [-0.3, -0.25) is 4.98 Å². The maximum Gasteiger partial charge on any atom is 0.417 e. The van der Waals surface area contributed by atoms with E-state index in [0.717, 1.165) is 29.0 Å². The van der Waals surface area contributed by atoms with Gasteiger partial charge in [0, 0.05) is 43.5 Å². The first kappa shape index (κ1) is 25.9. The summed E-state index contributed by atoms with van der Waals surface area (Å²) < 4.78 is 51.9. The number of aliphatic hydroxyl groups excluding tert-OH is 1. The molecule has 1 aromatic rings. The molecule has 2 atom stereocenters. The minimum absolute atomic E-state index is 0.0541. The average Bonchev–Trinajstić information content (AvgIpc) is 3.05. The largest absolute Gasteiger partial charge is 0.417 e. The number of aliphatic hydroxyl groups is 1. The first-order chi connectivity index (χ1) is 16.3. The van der Waals surface area contributed by atoms with Gasteiger partial charge in [-0.2, -0.15) is 13.2 Å². The highest BCUT2D eigenvalue weighted by molar-refractivity contribution is 5.58. The minimum Gasteiger partial charge on any atom is -0.402 e. The third-order valence-corrected chi connectivity index (χ3v) is 7.37. The summed E-state index contributed by atoms with van der Waals surface area (Å²) >= 11 is 0. The van der Waals surface area contributed by atoms with Gasteiger partial charge < -0.3 is 20.3 Å². The highest BCUT2D eigenvalue weighted by atomic mass is 19.4. The van der Waals surface area contributed by atoms with Gasteiger partial charge in [0.25, 0.3) is 0 Å². The van der Waals surface area contributed by atoms with Crippen molar-refractivity contribution in [3.05, 3.63) is 64.2 Å². The fourth-order valence-corrected chi connectivity index (χ4v) is 5.67. The van der Waals surface area contributed by atoms with Crippen LogP contribution in [0, 0.1) is 11.3 Å². The molecule has 192 valence electrons. The van der Waals surface area contributed by atoms with E-state index in [2.05, 4.69) is 25.4 Å². The highest BCUT2D eigenvalue weighted by Crippen LogP contribution is 2.57. The van der Waals surface area contributed by atoms with E-state index in [4.69, 9.17) is 15.2 Å². The Bertz CT molecular complexity index is 1050. The van der Waals surface area contributed by atoms with Gasteiger partial charge in [-0.15, -0.1) is 0 Å². The van der Waals surface area contributed by atoms with Gasteiger partial charge in [-0.05, 0) is 53.0 Å². The fourth-order valence-electron chi connectivity index (χ4n) is 5.67. The van der Waals surface area contributed by atoms with Crippen LogP contribution in [0.3, 0.4) is 0 Å². The molecule has 0 bridgehead atoms. The van der Waals surface area contributed by atoms with Crippen LogP contribution in [0.2, 0.25) is 0 Å². The lowest BCUT2D eigenvalue weighted by Crippen LogP contribution is -2.40. The molecule has 4 rings (SSSR count). The predicted molar refractivity (Wildman–Crippen MR) is 127 cm³/mol. The highest BCUT2D eigenvalue weighted by Gasteiger charge is 2.53. The molecule has 1 unspecified atom stereocenters. The number of alkyl halides is 3. The van der Waals surface area contributed by atoms with Crippen LogP contribution in [0.5, 0.6) is 0 Å². The number of hydrogen-bond acceptors (Lipinski definition) is 5. The van der Waals surface area contributed by atoms with E-state index >= 15 is 0 Å². The van der Waals surface area contributed by atoms with Crippen LogP contribution >= 0.6 is 0 Å². The molecule has 2 saturated heterocycles. The zero-order valence-corrected chi connectivity index (χ0v) is 20.8. The maximum absolute atomic E-state index is 13.2. The van der Waals surface area contributed by atoms with Crippen LogP contribution < -0.4 is 5.73 Å². The quantitative estimate of drug-likeness (QED) is 0.560. The Kier molecular flexibility index (Phi) is 6.70. The number of ether oxygens (including phenoxy) is 2. The van der Waals surface area contributed by atoms with Crippen molar-refractivity contribution in [3.8, 4) is 0 Å². The summed E-state index contributed by atoms with van der Waals surface area (Å²) in [6.07, 6.45) is -2.79. The van der Waals surface area contributed by atoms with Crippen molar-refractivity contribution in [1.29, 1.82) is 0 Å². The number of rotatable bonds is 2. The van der Waals surface area contributed by atoms with Crippen LogP contribution in [0.25, 0.3) is 0 Å². The molecule has 3 N–H and O–H groups in total. The number of allylic oxidation sites excluding steroid dienone is 1. The summed E-state index contributed by atoms with van der Waals surface area (Å²) in [6.45, 7) is 13.4. The lowest BCUT2D eigenvalue weighted by atomic mass is 9.67. The molecule has 5 nitrogen and oxygen atoms in total. The Morgan fingerprint density at radius 2 is 1.89 bits per heavy atom. The summed E-state index contributed by atoms with van der Waals surface area (Å²) in [7, 11) is 0. The Hall–Kier alpha value is -2.16. The van der Waals surface area contributed by atoms with Gasteiger partial charge >= 0.3 is 6.18 Å². The van der Waals surface area contributed by atoms with Gasteiger partial charge in [0.05, 0.1) is 23.0 Å². The van der Waals surface area contributed by atoms with Crippen molar-refractivity contribution in [2.45, 2.75) is 77.4 Å². The first-order valence-electron chi connectivity index (χ1n) is 12.2. The normalized spacial score (nSPS) is 30.3. The molecular formula is C27H35F3N2O3. The molecule has 8 heteroatoms. The van der Waals surface area contributed by atoms with Gasteiger partial charge in [0.1, 0.15) is 6.10 Å². The molecule has 3 fully saturated rings. The Morgan fingerprint density at radius 1 is 1.23 bits per heavy atom. The number of hydrogen-bond donors (Lipinski definition) is 2. The topological polar surface area (TPSA) is 77.6 Å². The molecule has 0 amide bonds. The van der Waals surface area contributed by atoms with Gasteiger partial charge in [0.2, 0.25) is 0 Å².